The molecular weight excluding hydrogens is 354 g/mol. The Morgan fingerprint density at radius 3 is 2.70 bits per heavy atom. The van der Waals surface area contributed by atoms with Gasteiger partial charge in [-0.15, -0.1) is 0 Å². The van der Waals surface area contributed by atoms with E-state index < -0.39 is 0 Å². The molecular formula is C22H29N3OS. The van der Waals surface area contributed by atoms with Crippen molar-refractivity contribution in [2.45, 2.75) is 33.2 Å². The highest BCUT2D eigenvalue weighted by Gasteiger charge is 2.16. The van der Waals surface area contributed by atoms with Crippen molar-refractivity contribution in [1.82, 2.24) is 5.32 Å². The molecule has 2 N–H and O–H groups in total. The van der Waals surface area contributed by atoms with Gasteiger partial charge in [0.25, 0.3) is 0 Å². The molecule has 2 aromatic carbocycles. The molecule has 1 saturated heterocycles. The van der Waals surface area contributed by atoms with Gasteiger partial charge in [-0.05, 0) is 67.7 Å². The second-order valence-electron chi connectivity index (χ2n) is 7.10. The lowest BCUT2D eigenvalue weighted by Gasteiger charge is -2.32. The number of nitrogens with zero attached hydrogens (tertiary/aromatic N) is 1. The molecule has 1 heterocycles. The second kappa shape index (κ2) is 9.60. The topological polar surface area (TPSA) is 36.5 Å². The molecule has 4 nitrogen and oxygen atoms in total. The number of piperidine rings is 1. The van der Waals surface area contributed by atoms with Crippen LogP contribution >= 0.6 is 12.2 Å². The molecule has 1 fully saturated rings. The maximum absolute atomic E-state index is 5.62. The molecule has 0 amide bonds. The highest BCUT2D eigenvalue weighted by Crippen LogP contribution is 2.24. The molecule has 0 unspecified atom stereocenters. The zero-order chi connectivity index (χ0) is 19.1. The molecule has 3 rings (SSSR count). The minimum atomic E-state index is 0.594. The van der Waals surface area contributed by atoms with Crippen molar-refractivity contribution in [3.8, 4) is 5.75 Å². The van der Waals surface area contributed by atoms with Gasteiger partial charge in [0.2, 0.25) is 0 Å². The van der Waals surface area contributed by atoms with Gasteiger partial charge in [-0.25, -0.2) is 0 Å². The number of hydrogen-bond donors (Lipinski definition) is 2. The Balaban J connectivity index is 1.52. The minimum absolute atomic E-state index is 0.594. The molecule has 0 saturated carbocycles. The first-order chi connectivity index (χ1) is 13.2. The van der Waals surface area contributed by atoms with Crippen molar-refractivity contribution in [3.63, 3.8) is 0 Å². The molecule has 144 valence electrons. The molecule has 1 atom stereocenters. The summed E-state index contributed by atoms with van der Waals surface area (Å²) in [5.41, 5.74) is 3.41. The van der Waals surface area contributed by atoms with E-state index >= 15 is 0 Å². The zero-order valence-electron chi connectivity index (χ0n) is 16.2. The number of thiocarbonyl (C=S) groups is 1. The normalized spacial score (nSPS) is 16.7. The van der Waals surface area contributed by atoms with Crippen LogP contribution in [-0.2, 0) is 6.54 Å². The molecule has 0 spiro atoms. The van der Waals surface area contributed by atoms with Gasteiger partial charge in [-0.1, -0.05) is 31.2 Å². The second-order valence-corrected chi connectivity index (χ2v) is 7.50. The summed E-state index contributed by atoms with van der Waals surface area (Å²) in [6, 6.07) is 16.6. The van der Waals surface area contributed by atoms with Gasteiger partial charge < -0.3 is 20.3 Å². The van der Waals surface area contributed by atoms with E-state index in [1.54, 1.807) is 0 Å². The quantitative estimate of drug-likeness (QED) is 0.700. The molecule has 1 aliphatic heterocycles. The monoisotopic (exact) mass is 383 g/mol. The van der Waals surface area contributed by atoms with E-state index in [1.807, 2.05) is 31.2 Å². The van der Waals surface area contributed by atoms with Gasteiger partial charge in [0.05, 0.1) is 12.3 Å². The van der Waals surface area contributed by atoms with Crippen molar-refractivity contribution in [3.05, 3.63) is 54.1 Å². The fraction of sp³-hybridized carbons (Fsp3) is 0.409. The van der Waals surface area contributed by atoms with Crippen LogP contribution in [0.25, 0.3) is 0 Å². The summed E-state index contributed by atoms with van der Waals surface area (Å²) in [7, 11) is 0. The third-order valence-electron chi connectivity index (χ3n) is 4.85. The Bertz CT molecular complexity index is 747. The van der Waals surface area contributed by atoms with Crippen LogP contribution in [0.4, 0.5) is 11.4 Å². The lowest BCUT2D eigenvalue weighted by molar-refractivity contribution is 0.342. The van der Waals surface area contributed by atoms with Gasteiger partial charge in [-0.3, -0.25) is 0 Å². The van der Waals surface area contributed by atoms with Crippen molar-refractivity contribution >= 4 is 28.7 Å². The maximum atomic E-state index is 5.62. The molecule has 1 aliphatic rings. The van der Waals surface area contributed by atoms with Crippen LogP contribution in [-0.4, -0.2) is 24.8 Å². The number of ether oxygens (including phenoxy) is 1. The van der Waals surface area contributed by atoms with Crippen LogP contribution in [0.15, 0.2) is 48.5 Å². The lowest BCUT2D eigenvalue weighted by atomic mass is 9.99. The average molecular weight is 384 g/mol. The number of para-hydroxylation sites is 2. The van der Waals surface area contributed by atoms with Crippen LogP contribution < -0.4 is 20.3 Å². The number of nitrogens with one attached hydrogen (secondary N) is 2. The third-order valence-corrected chi connectivity index (χ3v) is 5.09. The summed E-state index contributed by atoms with van der Waals surface area (Å²) >= 11 is 5.43. The predicted molar refractivity (Wildman–Crippen MR) is 118 cm³/mol. The van der Waals surface area contributed by atoms with Crippen LogP contribution in [0.5, 0.6) is 5.75 Å². The first-order valence-electron chi connectivity index (χ1n) is 9.76. The zero-order valence-corrected chi connectivity index (χ0v) is 17.0. The molecule has 5 heteroatoms. The van der Waals surface area contributed by atoms with Crippen LogP contribution in [0.1, 0.15) is 32.3 Å². The largest absolute Gasteiger partial charge is 0.492 e. The number of anilines is 2. The molecule has 0 radical (unpaired) electrons. The molecule has 0 bridgehead atoms. The summed E-state index contributed by atoms with van der Waals surface area (Å²) in [4.78, 5) is 2.49. The lowest BCUT2D eigenvalue weighted by Crippen LogP contribution is -2.34. The summed E-state index contributed by atoms with van der Waals surface area (Å²) in [6.07, 6.45) is 2.63. The molecule has 0 aliphatic carbocycles. The van der Waals surface area contributed by atoms with Crippen LogP contribution in [0, 0.1) is 5.92 Å². The van der Waals surface area contributed by atoms with Gasteiger partial charge in [-0.2, -0.15) is 0 Å². The highest BCUT2D eigenvalue weighted by molar-refractivity contribution is 7.80. The highest BCUT2D eigenvalue weighted by atomic mass is 32.1. The molecule has 2 aromatic rings. The van der Waals surface area contributed by atoms with Gasteiger partial charge >= 0.3 is 0 Å². The van der Waals surface area contributed by atoms with E-state index in [1.165, 1.54) is 24.1 Å². The van der Waals surface area contributed by atoms with Gasteiger partial charge in [0.1, 0.15) is 5.75 Å². The Morgan fingerprint density at radius 2 is 1.96 bits per heavy atom. The Hall–Kier alpha value is -2.27. The predicted octanol–water partition coefficient (Wildman–Crippen LogP) is 4.81. The van der Waals surface area contributed by atoms with E-state index in [2.05, 4.69) is 46.7 Å². The van der Waals surface area contributed by atoms with Gasteiger partial charge in [0.15, 0.2) is 5.11 Å². The van der Waals surface area contributed by atoms with Crippen LogP contribution in [0.2, 0.25) is 0 Å². The van der Waals surface area contributed by atoms with E-state index in [4.69, 9.17) is 17.0 Å². The smallest absolute Gasteiger partial charge is 0.171 e. The summed E-state index contributed by atoms with van der Waals surface area (Å²) in [6.45, 7) is 7.95. The van der Waals surface area contributed by atoms with Crippen LogP contribution in [0.3, 0.4) is 0 Å². The van der Waals surface area contributed by atoms with Crippen molar-refractivity contribution < 1.29 is 4.74 Å². The minimum Gasteiger partial charge on any atom is -0.492 e. The van der Waals surface area contributed by atoms with Gasteiger partial charge in [0, 0.05) is 25.3 Å². The fourth-order valence-electron chi connectivity index (χ4n) is 3.45. The first-order valence-corrected chi connectivity index (χ1v) is 10.2. The summed E-state index contributed by atoms with van der Waals surface area (Å²) < 4.78 is 5.62. The average Bonchev–Trinajstić information content (AvgIpc) is 2.68. The molecule has 0 aromatic heterocycles. The van der Waals surface area contributed by atoms with Crippen molar-refractivity contribution in [2.24, 2.45) is 5.92 Å². The Kier molecular flexibility index (Phi) is 6.93. The van der Waals surface area contributed by atoms with E-state index in [9.17, 15) is 0 Å². The van der Waals surface area contributed by atoms with Crippen molar-refractivity contribution in [1.29, 1.82) is 0 Å². The van der Waals surface area contributed by atoms with Crippen molar-refractivity contribution in [2.75, 3.05) is 29.9 Å². The fourth-order valence-corrected chi connectivity index (χ4v) is 3.63. The van der Waals surface area contributed by atoms with E-state index in [0.717, 1.165) is 30.4 Å². The summed E-state index contributed by atoms with van der Waals surface area (Å²) in [5, 5.41) is 7.09. The van der Waals surface area contributed by atoms with E-state index in [0.29, 0.717) is 18.3 Å². The maximum Gasteiger partial charge on any atom is 0.171 e. The SMILES string of the molecule is CCOc1ccccc1NC(=S)NCc1ccc(N2CCC[C@H](C)C2)cc1. The number of benzene rings is 2. The Labute approximate surface area is 167 Å². The third kappa shape index (κ3) is 5.60. The summed E-state index contributed by atoms with van der Waals surface area (Å²) in [5.74, 6) is 1.59. The number of rotatable bonds is 6. The Morgan fingerprint density at radius 1 is 1.19 bits per heavy atom. The number of hydrogen-bond acceptors (Lipinski definition) is 3. The molecule has 27 heavy (non-hydrogen) atoms. The first kappa shape index (κ1) is 19.5. The standard InChI is InChI=1S/C22H29N3OS/c1-3-26-21-9-5-4-8-20(21)24-22(27)23-15-18-10-12-19(13-11-18)25-14-6-7-17(2)16-25/h4-5,8-13,17H,3,6-7,14-16H2,1-2H3,(H2,23,24,27)/t17-/m0/s1. The van der Waals surface area contributed by atoms with E-state index in [-0.39, 0.29) is 0 Å².